The van der Waals surface area contributed by atoms with Crippen LogP contribution in [0.1, 0.15) is 61.6 Å². The van der Waals surface area contributed by atoms with E-state index in [4.69, 9.17) is 0 Å². The van der Waals surface area contributed by atoms with Gasteiger partial charge in [-0.3, -0.25) is 4.79 Å². The fourth-order valence-corrected chi connectivity index (χ4v) is 3.79. The number of benzene rings is 1. The minimum absolute atomic E-state index is 0.152. The second-order valence-corrected chi connectivity index (χ2v) is 7.25. The van der Waals surface area contributed by atoms with Crippen molar-refractivity contribution in [1.82, 2.24) is 9.47 Å². The minimum atomic E-state index is 0.152. The number of aromatic nitrogens is 1. The zero-order valence-electron chi connectivity index (χ0n) is 15.2. The third-order valence-corrected chi connectivity index (χ3v) is 5.12. The van der Waals surface area contributed by atoms with Crippen molar-refractivity contribution in [3.63, 3.8) is 0 Å². The normalized spacial score (nSPS) is 17.9. The summed E-state index contributed by atoms with van der Waals surface area (Å²) in [4.78, 5) is 15.2. The van der Waals surface area contributed by atoms with Crippen molar-refractivity contribution in [3.05, 3.63) is 53.9 Å². The highest BCUT2D eigenvalue weighted by Crippen LogP contribution is 2.25. The second kappa shape index (κ2) is 7.77. The van der Waals surface area contributed by atoms with Crippen molar-refractivity contribution >= 4 is 5.91 Å². The first kappa shape index (κ1) is 17.6. The van der Waals surface area contributed by atoms with Gasteiger partial charge < -0.3 is 14.6 Å². The third kappa shape index (κ3) is 4.06. The Labute approximate surface area is 150 Å². The Morgan fingerprint density at radius 2 is 2.08 bits per heavy atom. The summed E-state index contributed by atoms with van der Waals surface area (Å²) >= 11 is 0. The van der Waals surface area contributed by atoms with Crippen LogP contribution in [0.2, 0.25) is 0 Å². The van der Waals surface area contributed by atoms with E-state index in [0.717, 1.165) is 43.5 Å². The first-order chi connectivity index (χ1) is 12.1. The number of phenols is 1. The fraction of sp³-hybridized carbons (Fsp3) is 0.476. The summed E-state index contributed by atoms with van der Waals surface area (Å²) in [6, 6.07) is 11.9. The van der Waals surface area contributed by atoms with Gasteiger partial charge in [0, 0.05) is 24.8 Å². The molecule has 1 aliphatic rings. The lowest BCUT2D eigenvalue weighted by Gasteiger charge is -2.36. The smallest absolute Gasteiger partial charge is 0.270 e. The predicted octanol–water partition coefficient (Wildman–Crippen LogP) is 4.40. The molecule has 1 aromatic heterocycles. The summed E-state index contributed by atoms with van der Waals surface area (Å²) in [6.45, 7) is 5.05. The topological polar surface area (TPSA) is 45.5 Å². The molecule has 1 saturated heterocycles. The number of piperidine rings is 1. The highest BCUT2D eigenvalue weighted by molar-refractivity contribution is 5.93. The molecule has 2 aromatic rings. The summed E-state index contributed by atoms with van der Waals surface area (Å²) in [5, 5.41) is 9.63. The van der Waals surface area contributed by atoms with Crippen LogP contribution in [0.4, 0.5) is 0 Å². The number of likely N-dealkylation sites (tertiary alicyclic amines) is 1. The van der Waals surface area contributed by atoms with E-state index in [-0.39, 0.29) is 18.0 Å². The van der Waals surface area contributed by atoms with Crippen LogP contribution in [0, 0.1) is 0 Å². The SMILES string of the molecule is CC(C)n1cccc1C(=O)N1CCCC[C@H]1CCc1cccc(O)c1. The predicted molar refractivity (Wildman–Crippen MR) is 99.9 cm³/mol. The molecule has 1 atom stereocenters. The maximum absolute atomic E-state index is 13.1. The summed E-state index contributed by atoms with van der Waals surface area (Å²) in [5.74, 6) is 0.461. The Hall–Kier alpha value is -2.23. The van der Waals surface area contributed by atoms with Crippen LogP contribution in [0.25, 0.3) is 0 Å². The minimum Gasteiger partial charge on any atom is -0.508 e. The van der Waals surface area contributed by atoms with Crippen molar-refractivity contribution in [1.29, 1.82) is 0 Å². The molecule has 0 radical (unpaired) electrons. The van der Waals surface area contributed by atoms with Gasteiger partial charge in [0.05, 0.1) is 0 Å². The van der Waals surface area contributed by atoms with Gasteiger partial charge in [0.2, 0.25) is 0 Å². The lowest BCUT2D eigenvalue weighted by Crippen LogP contribution is -2.44. The number of phenolic OH excluding ortho intramolecular Hbond substituents is 1. The Morgan fingerprint density at radius 1 is 1.24 bits per heavy atom. The Balaban J connectivity index is 1.72. The summed E-state index contributed by atoms with van der Waals surface area (Å²) in [6.07, 6.45) is 7.14. The number of carbonyl (C=O) groups is 1. The number of aryl methyl sites for hydroxylation is 1. The highest BCUT2D eigenvalue weighted by atomic mass is 16.3. The second-order valence-electron chi connectivity index (χ2n) is 7.25. The van der Waals surface area contributed by atoms with E-state index in [0.29, 0.717) is 5.75 Å². The molecule has 25 heavy (non-hydrogen) atoms. The molecule has 1 aromatic carbocycles. The average Bonchev–Trinajstić information content (AvgIpc) is 3.10. The van der Waals surface area contributed by atoms with Crippen LogP contribution in [0.15, 0.2) is 42.6 Å². The van der Waals surface area contributed by atoms with E-state index in [9.17, 15) is 9.90 Å². The monoisotopic (exact) mass is 340 g/mol. The van der Waals surface area contributed by atoms with Gasteiger partial charge in [0.15, 0.2) is 0 Å². The van der Waals surface area contributed by atoms with E-state index in [1.807, 2.05) is 36.5 Å². The van der Waals surface area contributed by atoms with E-state index in [2.05, 4.69) is 23.3 Å². The molecule has 0 spiro atoms. The van der Waals surface area contributed by atoms with Crippen molar-refractivity contribution in [2.24, 2.45) is 0 Å². The van der Waals surface area contributed by atoms with Crippen molar-refractivity contribution < 1.29 is 9.90 Å². The number of carbonyl (C=O) groups excluding carboxylic acids is 1. The maximum atomic E-state index is 13.1. The molecule has 0 unspecified atom stereocenters. The number of hydrogen-bond acceptors (Lipinski definition) is 2. The molecule has 1 N–H and O–H groups in total. The Morgan fingerprint density at radius 3 is 2.84 bits per heavy atom. The lowest BCUT2D eigenvalue weighted by molar-refractivity contribution is 0.0589. The van der Waals surface area contributed by atoms with Gasteiger partial charge in [-0.1, -0.05) is 12.1 Å². The summed E-state index contributed by atoms with van der Waals surface area (Å²) < 4.78 is 2.06. The third-order valence-electron chi connectivity index (χ3n) is 5.12. The molecular weight excluding hydrogens is 312 g/mol. The molecule has 3 rings (SSSR count). The van der Waals surface area contributed by atoms with Gasteiger partial charge in [-0.2, -0.15) is 0 Å². The van der Waals surface area contributed by atoms with E-state index in [1.54, 1.807) is 6.07 Å². The molecule has 4 heteroatoms. The van der Waals surface area contributed by atoms with Crippen LogP contribution >= 0.6 is 0 Å². The standard InChI is InChI=1S/C21H28N2O2/c1-16(2)22-14-6-10-20(22)21(25)23-13-4-3-8-18(23)12-11-17-7-5-9-19(24)15-17/h5-7,9-10,14-16,18,24H,3-4,8,11-13H2,1-2H3/t18-/m0/s1. The van der Waals surface area contributed by atoms with Gasteiger partial charge in [-0.05, 0) is 75.8 Å². The molecule has 2 heterocycles. The number of hydrogen-bond donors (Lipinski definition) is 1. The van der Waals surface area contributed by atoms with Gasteiger partial charge in [0.1, 0.15) is 11.4 Å². The zero-order valence-corrected chi connectivity index (χ0v) is 15.2. The maximum Gasteiger partial charge on any atom is 0.270 e. The molecule has 134 valence electrons. The van der Waals surface area contributed by atoms with Gasteiger partial charge >= 0.3 is 0 Å². The van der Waals surface area contributed by atoms with Crippen LogP contribution in [-0.4, -0.2) is 33.1 Å². The molecule has 0 aliphatic carbocycles. The largest absolute Gasteiger partial charge is 0.508 e. The van der Waals surface area contributed by atoms with Crippen LogP contribution in [-0.2, 0) is 6.42 Å². The van der Waals surface area contributed by atoms with Gasteiger partial charge in [-0.15, -0.1) is 0 Å². The van der Waals surface area contributed by atoms with Gasteiger partial charge in [0.25, 0.3) is 5.91 Å². The van der Waals surface area contributed by atoms with Crippen molar-refractivity contribution in [3.8, 4) is 5.75 Å². The number of amides is 1. The van der Waals surface area contributed by atoms with E-state index >= 15 is 0 Å². The van der Waals surface area contributed by atoms with Crippen molar-refractivity contribution in [2.75, 3.05) is 6.54 Å². The van der Waals surface area contributed by atoms with Crippen molar-refractivity contribution in [2.45, 2.75) is 58.0 Å². The molecule has 1 amide bonds. The molecule has 0 bridgehead atoms. The summed E-state index contributed by atoms with van der Waals surface area (Å²) in [5.41, 5.74) is 1.92. The van der Waals surface area contributed by atoms with Crippen LogP contribution in [0.5, 0.6) is 5.75 Å². The Kier molecular flexibility index (Phi) is 5.47. The molecule has 1 aliphatic heterocycles. The number of aromatic hydroxyl groups is 1. The number of rotatable bonds is 5. The molecule has 1 fully saturated rings. The highest BCUT2D eigenvalue weighted by Gasteiger charge is 2.28. The average molecular weight is 340 g/mol. The summed E-state index contributed by atoms with van der Waals surface area (Å²) in [7, 11) is 0. The van der Waals surface area contributed by atoms with E-state index in [1.165, 1.54) is 6.42 Å². The Bertz CT molecular complexity index is 720. The first-order valence-electron chi connectivity index (χ1n) is 9.32. The molecule has 0 saturated carbocycles. The fourth-order valence-electron chi connectivity index (χ4n) is 3.79. The molecule has 4 nitrogen and oxygen atoms in total. The lowest BCUT2D eigenvalue weighted by atomic mass is 9.95. The first-order valence-corrected chi connectivity index (χ1v) is 9.32. The van der Waals surface area contributed by atoms with Crippen LogP contribution < -0.4 is 0 Å². The molecular formula is C21H28N2O2. The van der Waals surface area contributed by atoms with E-state index < -0.39 is 0 Å². The van der Waals surface area contributed by atoms with Crippen LogP contribution in [0.3, 0.4) is 0 Å². The zero-order chi connectivity index (χ0) is 17.8. The quantitative estimate of drug-likeness (QED) is 0.877. The van der Waals surface area contributed by atoms with Gasteiger partial charge in [-0.25, -0.2) is 0 Å². The number of nitrogens with zero attached hydrogens (tertiary/aromatic N) is 2.